The quantitative estimate of drug-likeness (QED) is 0.0470. The molecule has 0 aliphatic carbocycles. The Morgan fingerprint density at radius 1 is 0.701 bits per heavy atom. The first-order valence-corrected chi connectivity index (χ1v) is 36.3. The number of hydrogen-bond acceptors (Lipinski definition) is 17. The van der Waals surface area contributed by atoms with Crippen molar-refractivity contribution in [3.63, 3.8) is 0 Å². The van der Waals surface area contributed by atoms with E-state index in [0.717, 1.165) is 33.9 Å². The van der Waals surface area contributed by atoms with Gasteiger partial charge in [0.2, 0.25) is 11.8 Å². The number of aromatic nitrogens is 10. The number of nitriles is 2. The molecule has 4 N–H and O–H groups in total. The molecule has 0 unspecified atom stereocenters. The number of hydrogen-bond donors (Lipinski definition) is 3. The van der Waals surface area contributed by atoms with E-state index in [9.17, 15) is 24.3 Å². The first kappa shape index (κ1) is 65.3. The van der Waals surface area contributed by atoms with Crippen LogP contribution in [0.4, 0.5) is 0 Å². The molecule has 10 rings (SSSR count). The monoisotopic (exact) mass is 1260 g/mol. The van der Waals surface area contributed by atoms with Crippen LogP contribution in [0.1, 0.15) is 20.7 Å². The standard InChI is InChI=1S/C29H35ClN8O4Si.C21H24ClN5O3Si.C8H13N3O2/c1-36-24-10-19(30)6-7-20(24)25(35-36)22-12-32-27-26(33-22)21(15-38(27)17-42-8-9-43(3,4)5)28(39)34-23(16-41-2)29(40)37-13-18(11-31)14-37;1-26-17-9-13(22)5-6-14(17)18(25-26)16-10-23-20-19(24-16)15(21(28)29)11-27(20)12-30-7-8-31(2,3)4;1-13-5-7(10)8(12)11-3-6(2-9)4-11/h6-7,10,12,15,18,23H,8-9,13-14,16-17H2,1-5H3,(H,34,39);5-6,9-11H,7-8,12H2,1-4H3,(H,28,29);6-7H,3-5,10H2,1H3/t23-;;7-/m1.1/s1. The zero-order chi connectivity index (χ0) is 63.1. The number of likely N-dealkylation sites (tertiary alicyclic amines) is 2. The van der Waals surface area contributed by atoms with Gasteiger partial charge in [0.1, 0.15) is 64.9 Å². The molecule has 2 fully saturated rings. The van der Waals surface area contributed by atoms with E-state index in [0.29, 0.717) is 94.5 Å². The fourth-order valence-electron chi connectivity index (χ4n) is 9.54. The molecule has 2 atom stereocenters. The molecular weight excluding hydrogens is 1190 g/mol. The van der Waals surface area contributed by atoms with Crippen molar-refractivity contribution in [2.75, 3.05) is 66.8 Å². The molecule has 8 aromatic rings. The summed E-state index contributed by atoms with van der Waals surface area (Å²) >= 11 is 12.3. The molecule has 2 aromatic carbocycles. The van der Waals surface area contributed by atoms with Gasteiger partial charge in [0, 0.05) is 117 Å². The van der Waals surface area contributed by atoms with E-state index in [1.165, 1.54) is 20.4 Å². The highest BCUT2D eigenvalue weighted by Crippen LogP contribution is 2.32. The summed E-state index contributed by atoms with van der Waals surface area (Å²) in [5, 5.41) is 42.2. The number of halogens is 2. The number of carboxylic acids is 1. The fourth-order valence-corrected chi connectivity index (χ4v) is 11.4. The van der Waals surface area contributed by atoms with Gasteiger partial charge in [-0.15, -0.1) is 0 Å². The van der Waals surface area contributed by atoms with Gasteiger partial charge in [-0.1, -0.05) is 62.5 Å². The number of carboxylic acid groups (broad SMARTS) is 1. The van der Waals surface area contributed by atoms with Crippen LogP contribution in [0, 0.1) is 34.5 Å². The van der Waals surface area contributed by atoms with Gasteiger partial charge in [-0.3, -0.25) is 23.7 Å². The zero-order valence-electron chi connectivity index (χ0n) is 50.4. The Labute approximate surface area is 514 Å². The van der Waals surface area contributed by atoms with Crippen LogP contribution in [0.3, 0.4) is 0 Å². The first-order valence-electron chi connectivity index (χ1n) is 28.1. The number of carbonyl (C=O) groups excluding carboxylic acids is 3. The van der Waals surface area contributed by atoms with Crippen molar-refractivity contribution in [2.24, 2.45) is 31.7 Å². The van der Waals surface area contributed by atoms with E-state index in [4.69, 9.17) is 63.4 Å². The molecule has 0 saturated carbocycles. The number of aryl methyl sites for hydroxylation is 2. The number of carbonyl (C=O) groups is 4. The molecule has 87 heavy (non-hydrogen) atoms. The number of nitrogens with two attached hydrogens (primary N) is 1. The van der Waals surface area contributed by atoms with E-state index >= 15 is 0 Å². The number of nitrogens with zero attached hydrogens (tertiary/aromatic N) is 14. The van der Waals surface area contributed by atoms with E-state index < -0.39 is 40.1 Å². The largest absolute Gasteiger partial charge is 0.478 e. The van der Waals surface area contributed by atoms with E-state index in [2.05, 4.69) is 81.9 Å². The van der Waals surface area contributed by atoms with Crippen LogP contribution >= 0.6 is 23.2 Å². The Balaban J connectivity index is 0.000000193. The maximum absolute atomic E-state index is 13.7. The molecule has 0 spiro atoms. The Morgan fingerprint density at radius 2 is 1.14 bits per heavy atom. The molecule has 2 saturated heterocycles. The predicted octanol–water partition coefficient (Wildman–Crippen LogP) is 7.27. The maximum Gasteiger partial charge on any atom is 0.339 e. The van der Waals surface area contributed by atoms with Gasteiger partial charge in [0.05, 0.1) is 66.2 Å². The van der Waals surface area contributed by atoms with Crippen LogP contribution in [0.15, 0.2) is 61.2 Å². The van der Waals surface area contributed by atoms with Gasteiger partial charge in [-0.2, -0.15) is 20.7 Å². The number of amides is 3. The minimum Gasteiger partial charge on any atom is -0.478 e. The molecule has 2 aliphatic heterocycles. The molecule has 0 radical (unpaired) electrons. The Kier molecular flexibility index (Phi) is 21.0. The molecule has 6 aromatic heterocycles. The van der Waals surface area contributed by atoms with Crippen molar-refractivity contribution in [1.29, 1.82) is 10.5 Å². The van der Waals surface area contributed by atoms with Crippen LogP contribution in [0.5, 0.6) is 0 Å². The van der Waals surface area contributed by atoms with E-state index in [-0.39, 0.29) is 61.5 Å². The summed E-state index contributed by atoms with van der Waals surface area (Å²) in [6.07, 6.45) is 6.43. The van der Waals surface area contributed by atoms with Crippen molar-refractivity contribution in [1.82, 2.24) is 63.7 Å². The van der Waals surface area contributed by atoms with Crippen molar-refractivity contribution < 1.29 is 43.2 Å². The third-order valence-electron chi connectivity index (χ3n) is 14.5. The lowest BCUT2D eigenvalue weighted by Crippen LogP contribution is -2.57. The summed E-state index contributed by atoms with van der Waals surface area (Å²) in [4.78, 5) is 71.9. The minimum absolute atomic E-state index is 0.0151. The number of aromatic carboxylic acids is 1. The number of benzene rings is 2. The minimum atomic E-state index is -1.29. The van der Waals surface area contributed by atoms with Crippen molar-refractivity contribution >= 4 is 107 Å². The van der Waals surface area contributed by atoms with Gasteiger partial charge in [-0.05, 0) is 48.5 Å². The molecule has 3 amide bonds. The summed E-state index contributed by atoms with van der Waals surface area (Å²) in [6.45, 7) is 17.2. The second kappa shape index (κ2) is 28.0. The number of rotatable bonds is 21. The van der Waals surface area contributed by atoms with Gasteiger partial charge < -0.3 is 54.0 Å². The molecular formula is C58H72Cl2N16O9Si2. The van der Waals surface area contributed by atoms with Gasteiger partial charge in [0.15, 0.2) is 11.3 Å². The van der Waals surface area contributed by atoms with Gasteiger partial charge in [0.25, 0.3) is 5.91 Å². The van der Waals surface area contributed by atoms with Crippen LogP contribution in [0.2, 0.25) is 61.4 Å². The summed E-state index contributed by atoms with van der Waals surface area (Å²) in [6, 6.07) is 15.8. The number of fused-ring (bicyclic) bond motifs is 4. The topological polar surface area (TPSA) is 315 Å². The molecule has 8 heterocycles. The molecule has 29 heteroatoms. The summed E-state index contributed by atoms with van der Waals surface area (Å²) < 4.78 is 28.7. The average Bonchev–Trinajstić information content (AvgIpc) is 2.43. The van der Waals surface area contributed by atoms with Crippen molar-refractivity contribution in [3.05, 3.63) is 82.4 Å². The van der Waals surface area contributed by atoms with Crippen LogP contribution in [-0.2, 0) is 56.1 Å². The lowest BCUT2D eigenvalue weighted by molar-refractivity contribution is -0.140. The smallest absolute Gasteiger partial charge is 0.339 e. The summed E-state index contributed by atoms with van der Waals surface area (Å²) in [5.74, 6) is -2.20. The summed E-state index contributed by atoms with van der Waals surface area (Å²) in [7, 11) is 4.12. The van der Waals surface area contributed by atoms with E-state index in [1.807, 2.05) is 38.4 Å². The molecule has 25 nitrogen and oxygen atoms in total. The lowest BCUT2D eigenvalue weighted by atomic mass is 10.0. The molecule has 460 valence electrons. The Morgan fingerprint density at radius 3 is 1.56 bits per heavy atom. The number of nitrogens with one attached hydrogen (secondary N) is 1. The average molecular weight is 1260 g/mol. The second-order valence-corrected chi connectivity index (χ2v) is 35.9. The van der Waals surface area contributed by atoms with Gasteiger partial charge in [-0.25, -0.2) is 24.7 Å². The van der Waals surface area contributed by atoms with E-state index in [1.54, 1.807) is 59.0 Å². The third kappa shape index (κ3) is 15.7. The molecule has 0 bridgehead atoms. The fraction of sp³-hybridized carbons (Fsp3) is 0.448. The predicted molar refractivity (Wildman–Crippen MR) is 334 cm³/mol. The Bertz CT molecular complexity index is 3920. The SMILES string of the molecule is COC[C@@H](N)C(=O)N1CC(C#N)C1.COC[C@@H](NC(=O)c1cn(COCC[Si](C)(C)C)c2ncc(-c3nn(C)c4cc(Cl)ccc34)nc12)C(=O)N1CC(C#N)C1.Cn1nc(-c2cnc3c(n2)c(C(=O)O)cn3COCC[Si](C)(C)C)c2ccc(Cl)cc21. The number of methoxy groups -OCH3 is 2. The van der Waals surface area contributed by atoms with Gasteiger partial charge >= 0.3 is 5.97 Å². The first-order chi connectivity index (χ1) is 41.3. The van der Waals surface area contributed by atoms with Crippen LogP contribution in [-0.4, -0.2) is 182 Å². The summed E-state index contributed by atoms with van der Waals surface area (Å²) in [5.41, 5.74) is 11.4. The number of ether oxygens (including phenoxy) is 4. The maximum atomic E-state index is 13.7. The van der Waals surface area contributed by atoms with Crippen LogP contribution < -0.4 is 11.1 Å². The van der Waals surface area contributed by atoms with Crippen molar-refractivity contribution in [3.8, 4) is 34.9 Å². The highest BCUT2D eigenvalue weighted by Gasteiger charge is 2.36. The lowest BCUT2D eigenvalue weighted by Gasteiger charge is -2.37. The Hall–Kier alpha value is -7.71. The van der Waals surface area contributed by atoms with Crippen molar-refractivity contribution in [2.45, 2.75) is 76.9 Å². The molecule has 2 aliphatic rings. The highest BCUT2D eigenvalue weighted by atomic mass is 35.5. The normalized spacial score (nSPS) is 14.4. The third-order valence-corrected chi connectivity index (χ3v) is 18.4. The highest BCUT2D eigenvalue weighted by molar-refractivity contribution is 6.76. The van der Waals surface area contributed by atoms with Crippen LogP contribution in [0.25, 0.3) is 66.9 Å². The second-order valence-electron chi connectivity index (χ2n) is 23.8. The zero-order valence-corrected chi connectivity index (χ0v) is 53.9.